The molecule has 96 valence electrons. The molecule has 0 saturated carbocycles. The Bertz CT molecular complexity index is 217. The molecule has 0 aromatic rings. The van der Waals surface area contributed by atoms with Crippen molar-refractivity contribution in [1.29, 1.82) is 0 Å². The highest BCUT2D eigenvalue weighted by atomic mass is 16.4. The van der Waals surface area contributed by atoms with E-state index in [9.17, 15) is 5.11 Å². The van der Waals surface area contributed by atoms with Crippen LogP contribution in [-0.4, -0.2) is 35.3 Å². The molecule has 5 nitrogen and oxygen atoms in total. The number of amidine groups is 1. The number of hydrogen-bond donors (Lipinski definition) is 4. The van der Waals surface area contributed by atoms with Crippen molar-refractivity contribution >= 4 is 5.84 Å². The molecule has 0 aliphatic rings. The molecule has 0 aliphatic carbocycles. The first-order valence-electron chi connectivity index (χ1n) is 5.80. The number of aliphatic hydroxyl groups is 1. The minimum Gasteiger partial charge on any atom is -0.409 e. The SMILES string of the molecule is CCC(O)CNCCCC(C)(C)C(N)=NO. The van der Waals surface area contributed by atoms with Gasteiger partial charge in [0.05, 0.1) is 6.10 Å². The van der Waals surface area contributed by atoms with Crippen molar-refractivity contribution in [2.24, 2.45) is 16.3 Å². The Morgan fingerprint density at radius 1 is 1.50 bits per heavy atom. The number of nitrogens with zero attached hydrogens (tertiary/aromatic N) is 1. The molecule has 0 heterocycles. The molecule has 1 atom stereocenters. The minimum absolute atomic E-state index is 0.265. The molecular formula is C11H25N3O2. The standard InChI is InChI=1S/C11H25N3O2/c1-4-9(15)8-13-7-5-6-11(2,3)10(12)14-16/h9,13,15-16H,4-8H2,1-3H3,(H2,12,14). The van der Waals surface area contributed by atoms with Crippen molar-refractivity contribution in [2.75, 3.05) is 13.1 Å². The molecular weight excluding hydrogens is 206 g/mol. The molecule has 0 aromatic carbocycles. The third kappa shape index (κ3) is 5.92. The summed E-state index contributed by atoms with van der Waals surface area (Å²) >= 11 is 0. The van der Waals surface area contributed by atoms with Crippen LogP contribution in [0.2, 0.25) is 0 Å². The van der Waals surface area contributed by atoms with Crippen molar-refractivity contribution in [3.63, 3.8) is 0 Å². The quantitative estimate of drug-likeness (QED) is 0.164. The predicted molar refractivity (Wildman–Crippen MR) is 65.6 cm³/mol. The lowest BCUT2D eigenvalue weighted by atomic mass is 9.86. The van der Waals surface area contributed by atoms with Crippen molar-refractivity contribution < 1.29 is 10.3 Å². The van der Waals surface area contributed by atoms with Crippen LogP contribution in [0.3, 0.4) is 0 Å². The molecule has 0 radical (unpaired) electrons. The number of nitrogens with one attached hydrogen (secondary N) is 1. The fourth-order valence-corrected chi connectivity index (χ4v) is 1.33. The lowest BCUT2D eigenvalue weighted by Crippen LogP contribution is -2.33. The second kappa shape index (κ2) is 7.46. The highest BCUT2D eigenvalue weighted by molar-refractivity contribution is 5.85. The number of rotatable bonds is 8. The van der Waals surface area contributed by atoms with Gasteiger partial charge in [0, 0.05) is 12.0 Å². The summed E-state index contributed by atoms with van der Waals surface area (Å²) in [5, 5.41) is 24.1. The monoisotopic (exact) mass is 231 g/mol. The van der Waals surface area contributed by atoms with Gasteiger partial charge in [-0.1, -0.05) is 25.9 Å². The maximum atomic E-state index is 9.31. The summed E-state index contributed by atoms with van der Waals surface area (Å²) in [4.78, 5) is 0. The smallest absolute Gasteiger partial charge is 0.144 e. The first-order valence-corrected chi connectivity index (χ1v) is 5.80. The van der Waals surface area contributed by atoms with E-state index in [-0.39, 0.29) is 17.4 Å². The molecule has 5 heteroatoms. The van der Waals surface area contributed by atoms with Crippen LogP contribution in [-0.2, 0) is 0 Å². The third-order valence-electron chi connectivity index (χ3n) is 2.81. The van der Waals surface area contributed by atoms with E-state index in [1.165, 1.54) is 0 Å². The average molecular weight is 231 g/mol. The Morgan fingerprint density at radius 3 is 2.62 bits per heavy atom. The van der Waals surface area contributed by atoms with Gasteiger partial charge in [-0.25, -0.2) is 0 Å². The van der Waals surface area contributed by atoms with Crippen LogP contribution in [0.5, 0.6) is 0 Å². The van der Waals surface area contributed by atoms with E-state index in [2.05, 4.69) is 10.5 Å². The van der Waals surface area contributed by atoms with Crippen LogP contribution < -0.4 is 11.1 Å². The van der Waals surface area contributed by atoms with Gasteiger partial charge in [0.25, 0.3) is 0 Å². The van der Waals surface area contributed by atoms with Crippen LogP contribution in [0.1, 0.15) is 40.0 Å². The van der Waals surface area contributed by atoms with E-state index >= 15 is 0 Å². The van der Waals surface area contributed by atoms with E-state index in [1.54, 1.807) is 0 Å². The molecule has 5 N–H and O–H groups in total. The first-order chi connectivity index (χ1) is 7.44. The van der Waals surface area contributed by atoms with Crippen LogP contribution in [0.4, 0.5) is 0 Å². The van der Waals surface area contributed by atoms with Gasteiger partial charge in [-0.15, -0.1) is 0 Å². The predicted octanol–water partition coefficient (Wildman–Crippen LogP) is 0.900. The third-order valence-corrected chi connectivity index (χ3v) is 2.81. The van der Waals surface area contributed by atoms with Crippen molar-refractivity contribution in [2.45, 2.75) is 46.1 Å². The summed E-state index contributed by atoms with van der Waals surface area (Å²) in [6.45, 7) is 7.31. The highest BCUT2D eigenvalue weighted by Crippen LogP contribution is 2.21. The second-order valence-corrected chi connectivity index (χ2v) is 4.74. The zero-order valence-electron chi connectivity index (χ0n) is 10.5. The lowest BCUT2D eigenvalue weighted by Gasteiger charge is -2.22. The molecule has 0 aromatic heterocycles. The van der Waals surface area contributed by atoms with Gasteiger partial charge in [-0.3, -0.25) is 0 Å². The van der Waals surface area contributed by atoms with E-state index in [1.807, 2.05) is 20.8 Å². The fraction of sp³-hybridized carbons (Fsp3) is 0.909. The maximum absolute atomic E-state index is 9.31. The molecule has 0 aliphatic heterocycles. The molecule has 16 heavy (non-hydrogen) atoms. The van der Waals surface area contributed by atoms with Crippen LogP contribution >= 0.6 is 0 Å². The normalized spacial score (nSPS) is 15.1. The summed E-state index contributed by atoms with van der Waals surface area (Å²) in [6, 6.07) is 0. The minimum atomic E-state index is -0.278. The summed E-state index contributed by atoms with van der Waals surface area (Å²) in [7, 11) is 0. The number of oxime groups is 1. The largest absolute Gasteiger partial charge is 0.409 e. The number of aliphatic hydroxyl groups excluding tert-OH is 1. The van der Waals surface area contributed by atoms with Crippen LogP contribution in [0, 0.1) is 5.41 Å². The van der Waals surface area contributed by atoms with Gasteiger partial charge in [0.15, 0.2) is 0 Å². The average Bonchev–Trinajstić information content (AvgIpc) is 2.26. The number of hydrogen-bond acceptors (Lipinski definition) is 4. The van der Waals surface area contributed by atoms with E-state index < -0.39 is 0 Å². The molecule has 0 saturated heterocycles. The zero-order chi connectivity index (χ0) is 12.6. The van der Waals surface area contributed by atoms with Crippen molar-refractivity contribution in [1.82, 2.24) is 5.32 Å². The molecule has 0 rings (SSSR count). The lowest BCUT2D eigenvalue weighted by molar-refractivity contribution is 0.167. The van der Waals surface area contributed by atoms with E-state index in [4.69, 9.17) is 10.9 Å². The van der Waals surface area contributed by atoms with Crippen LogP contribution in [0.25, 0.3) is 0 Å². The number of nitrogens with two attached hydrogens (primary N) is 1. The molecule has 0 amide bonds. The van der Waals surface area contributed by atoms with Gasteiger partial charge in [0.1, 0.15) is 5.84 Å². The first kappa shape index (κ1) is 15.2. The molecule has 0 fully saturated rings. The van der Waals surface area contributed by atoms with Gasteiger partial charge in [-0.05, 0) is 25.8 Å². The Balaban J connectivity index is 3.66. The second-order valence-electron chi connectivity index (χ2n) is 4.74. The Labute approximate surface area is 97.7 Å². The molecule has 1 unspecified atom stereocenters. The maximum Gasteiger partial charge on any atom is 0.144 e. The van der Waals surface area contributed by atoms with E-state index in [0.29, 0.717) is 6.54 Å². The van der Waals surface area contributed by atoms with Crippen molar-refractivity contribution in [3.8, 4) is 0 Å². The van der Waals surface area contributed by atoms with Gasteiger partial charge in [-0.2, -0.15) is 0 Å². The van der Waals surface area contributed by atoms with Crippen molar-refractivity contribution in [3.05, 3.63) is 0 Å². The zero-order valence-corrected chi connectivity index (χ0v) is 10.5. The highest BCUT2D eigenvalue weighted by Gasteiger charge is 2.22. The topological polar surface area (TPSA) is 90.9 Å². The summed E-state index contributed by atoms with van der Waals surface area (Å²) in [5.41, 5.74) is 5.30. The summed E-state index contributed by atoms with van der Waals surface area (Å²) in [5.74, 6) is 0.265. The molecule has 0 bridgehead atoms. The van der Waals surface area contributed by atoms with Gasteiger partial charge < -0.3 is 21.4 Å². The van der Waals surface area contributed by atoms with Gasteiger partial charge >= 0.3 is 0 Å². The van der Waals surface area contributed by atoms with Crippen LogP contribution in [0.15, 0.2) is 5.16 Å². The summed E-state index contributed by atoms with van der Waals surface area (Å²) < 4.78 is 0. The van der Waals surface area contributed by atoms with E-state index in [0.717, 1.165) is 25.8 Å². The summed E-state index contributed by atoms with van der Waals surface area (Å²) in [6.07, 6.45) is 2.28. The fourth-order valence-electron chi connectivity index (χ4n) is 1.33. The Hall–Kier alpha value is -0.810. The van der Waals surface area contributed by atoms with Gasteiger partial charge in [0.2, 0.25) is 0 Å². The Morgan fingerprint density at radius 2 is 2.12 bits per heavy atom. The molecule has 0 spiro atoms. The Kier molecular flexibility index (Phi) is 7.08.